The molecule has 0 aromatic heterocycles. The lowest BCUT2D eigenvalue weighted by atomic mass is 9.74. The second-order valence-electron chi connectivity index (χ2n) is 10.0. The van der Waals surface area contributed by atoms with E-state index in [1.165, 1.54) is 0 Å². The molecule has 7 heteroatoms. The molecule has 35 heavy (non-hydrogen) atoms. The van der Waals surface area contributed by atoms with Crippen LogP contribution in [-0.4, -0.2) is 64.0 Å². The van der Waals surface area contributed by atoms with Gasteiger partial charge < -0.3 is 18.9 Å². The lowest BCUT2D eigenvalue weighted by Crippen LogP contribution is -2.43. The molecule has 1 heterocycles. The number of esters is 1. The Bertz CT molecular complexity index is 1210. The van der Waals surface area contributed by atoms with Gasteiger partial charge in [0.25, 0.3) is 0 Å². The average molecular weight is 482 g/mol. The van der Waals surface area contributed by atoms with Gasteiger partial charge in [0.15, 0.2) is 16.9 Å². The highest BCUT2D eigenvalue weighted by atomic mass is 16.5. The first-order valence-electron chi connectivity index (χ1n) is 12.1. The van der Waals surface area contributed by atoms with Gasteiger partial charge in [0.05, 0.1) is 34.0 Å². The second-order valence-corrected chi connectivity index (χ2v) is 10.0. The van der Waals surface area contributed by atoms with Crippen LogP contribution in [0.15, 0.2) is 29.1 Å². The Morgan fingerprint density at radius 1 is 1.09 bits per heavy atom. The fourth-order valence-corrected chi connectivity index (χ4v) is 4.98. The van der Waals surface area contributed by atoms with E-state index >= 15 is 0 Å². The first-order chi connectivity index (χ1) is 16.7. The summed E-state index contributed by atoms with van der Waals surface area (Å²) in [6, 6.07) is 5.56. The van der Waals surface area contributed by atoms with Crippen molar-refractivity contribution >= 4 is 22.8 Å². The topological polar surface area (TPSA) is 74.3 Å². The number of morpholine rings is 1. The summed E-state index contributed by atoms with van der Waals surface area (Å²) >= 11 is 0. The van der Waals surface area contributed by atoms with Gasteiger partial charge in [-0.25, -0.2) is 0 Å². The SMILES string of the molecule is COc1c(C(C)C)cc2c(=O)cc3c(cc2c1OC)C=CC(OC(=O)CN1CCOCC1)C3(C)C. The Labute approximate surface area is 206 Å². The van der Waals surface area contributed by atoms with Crippen LogP contribution in [0.1, 0.15) is 50.3 Å². The van der Waals surface area contributed by atoms with E-state index in [0.717, 1.165) is 16.7 Å². The molecular weight excluding hydrogens is 446 g/mol. The number of benzene rings is 1. The molecule has 1 atom stereocenters. The van der Waals surface area contributed by atoms with Crippen molar-refractivity contribution in [3.8, 4) is 11.5 Å². The predicted molar refractivity (Wildman–Crippen MR) is 137 cm³/mol. The number of carbonyl (C=O) groups is 1. The zero-order chi connectivity index (χ0) is 25.3. The highest BCUT2D eigenvalue weighted by molar-refractivity contribution is 5.93. The third-order valence-corrected chi connectivity index (χ3v) is 7.06. The molecule has 0 spiro atoms. The van der Waals surface area contributed by atoms with Crippen LogP contribution in [0.2, 0.25) is 0 Å². The highest BCUT2D eigenvalue weighted by Gasteiger charge is 2.37. The van der Waals surface area contributed by atoms with Crippen molar-refractivity contribution in [2.75, 3.05) is 47.1 Å². The van der Waals surface area contributed by atoms with E-state index in [2.05, 4.69) is 13.8 Å². The van der Waals surface area contributed by atoms with Crippen molar-refractivity contribution in [2.45, 2.75) is 45.1 Å². The van der Waals surface area contributed by atoms with Crippen LogP contribution < -0.4 is 14.9 Å². The van der Waals surface area contributed by atoms with Gasteiger partial charge in [-0.3, -0.25) is 14.5 Å². The Balaban J connectivity index is 1.76. The number of carbonyl (C=O) groups excluding carboxylic acids is 1. The highest BCUT2D eigenvalue weighted by Crippen LogP contribution is 2.43. The molecule has 1 saturated heterocycles. The van der Waals surface area contributed by atoms with Gasteiger partial charge in [-0.05, 0) is 41.3 Å². The monoisotopic (exact) mass is 481 g/mol. The third kappa shape index (κ3) is 4.80. The molecule has 2 aromatic rings. The standard InChI is InChI=1S/C28H35NO6/c1-17(2)19-14-20-21(27(33-6)26(19)32-5)13-18-7-8-24(28(3,4)22(18)15-23(20)30)35-25(31)16-29-9-11-34-12-10-29/h7-8,13-15,17,24H,9-12,16H2,1-6H3. The minimum Gasteiger partial charge on any atom is -0.493 e. The predicted octanol–water partition coefficient (Wildman–Crippen LogP) is 3.89. The normalized spacial score (nSPS) is 19.5. The fraction of sp³-hybridized carbons (Fsp3) is 0.500. The number of rotatable bonds is 6. The molecule has 0 saturated carbocycles. The lowest BCUT2D eigenvalue weighted by molar-refractivity contribution is -0.151. The van der Waals surface area contributed by atoms with Crippen LogP contribution in [-0.2, 0) is 19.7 Å². The summed E-state index contributed by atoms with van der Waals surface area (Å²) in [5, 5.41) is 1.27. The number of nitrogens with zero attached hydrogens (tertiary/aromatic N) is 1. The minimum atomic E-state index is -0.600. The smallest absolute Gasteiger partial charge is 0.320 e. The van der Waals surface area contributed by atoms with Gasteiger partial charge in [-0.1, -0.05) is 33.8 Å². The minimum absolute atomic E-state index is 0.106. The zero-order valence-corrected chi connectivity index (χ0v) is 21.5. The van der Waals surface area contributed by atoms with Crippen molar-refractivity contribution in [3.05, 3.63) is 51.2 Å². The van der Waals surface area contributed by atoms with E-state index in [1.54, 1.807) is 20.3 Å². The van der Waals surface area contributed by atoms with Gasteiger partial charge in [0.1, 0.15) is 6.10 Å². The fourth-order valence-electron chi connectivity index (χ4n) is 4.98. The molecule has 188 valence electrons. The third-order valence-electron chi connectivity index (χ3n) is 7.06. The molecule has 7 nitrogen and oxygen atoms in total. The molecule has 0 N–H and O–H groups in total. The first-order valence-corrected chi connectivity index (χ1v) is 12.1. The Kier molecular flexibility index (Phi) is 7.20. The van der Waals surface area contributed by atoms with E-state index in [4.69, 9.17) is 18.9 Å². The van der Waals surface area contributed by atoms with Crippen molar-refractivity contribution in [2.24, 2.45) is 0 Å². The van der Waals surface area contributed by atoms with Gasteiger partial charge >= 0.3 is 5.97 Å². The first kappa shape index (κ1) is 25.2. The number of hydrogen-bond acceptors (Lipinski definition) is 7. The van der Waals surface area contributed by atoms with Gasteiger partial charge in [0, 0.05) is 34.8 Å². The quantitative estimate of drug-likeness (QED) is 0.580. The van der Waals surface area contributed by atoms with Gasteiger partial charge in [-0.2, -0.15) is 0 Å². The van der Waals surface area contributed by atoms with Crippen molar-refractivity contribution in [1.29, 1.82) is 0 Å². The zero-order valence-electron chi connectivity index (χ0n) is 21.5. The van der Waals surface area contributed by atoms with Crippen molar-refractivity contribution in [1.82, 2.24) is 4.90 Å². The maximum absolute atomic E-state index is 13.5. The summed E-state index contributed by atoms with van der Waals surface area (Å²) < 4.78 is 22.7. The molecule has 1 aliphatic carbocycles. The van der Waals surface area contributed by atoms with Gasteiger partial charge in [0.2, 0.25) is 0 Å². The van der Waals surface area contributed by atoms with E-state index in [1.807, 2.05) is 43.0 Å². The molecule has 1 unspecified atom stereocenters. The van der Waals surface area contributed by atoms with Crippen LogP contribution >= 0.6 is 0 Å². The summed E-state index contributed by atoms with van der Waals surface area (Å²) in [5.41, 5.74) is 1.93. The molecule has 2 aliphatic rings. The molecule has 1 aliphatic heterocycles. The van der Waals surface area contributed by atoms with E-state index in [9.17, 15) is 9.59 Å². The van der Waals surface area contributed by atoms with E-state index < -0.39 is 11.5 Å². The summed E-state index contributed by atoms with van der Waals surface area (Å²) in [4.78, 5) is 28.3. The molecule has 0 radical (unpaired) electrons. The Morgan fingerprint density at radius 3 is 2.40 bits per heavy atom. The number of hydrogen-bond donors (Lipinski definition) is 0. The van der Waals surface area contributed by atoms with E-state index in [-0.39, 0.29) is 23.9 Å². The Hall–Kier alpha value is -2.90. The number of fused-ring (bicyclic) bond motifs is 2. The lowest BCUT2D eigenvalue weighted by Gasteiger charge is -2.36. The summed E-state index contributed by atoms with van der Waals surface area (Å²) in [6.45, 7) is 11.0. The van der Waals surface area contributed by atoms with Crippen LogP contribution in [0.25, 0.3) is 16.8 Å². The average Bonchev–Trinajstić information content (AvgIpc) is 2.97. The van der Waals surface area contributed by atoms with E-state index in [0.29, 0.717) is 48.6 Å². The molecule has 0 amide bonds. The molecular formula is C28H35NO6. The number of ether oxygens (including phenoxy) is 4. The van der Waals surface area contributed by atoms with Crippen LogP contribution in [0.5, 0.6) is 11.5 Å². The van der Waals surface area contributed by atoms with Crippen molar-refractivity contribution in [3.63, 3.8) is 0 Å². The van der Waals surface area contributed by atoms with Crippen molar-refractivity contribution < 1.29 is 23.7 Å². The van der Waals surface area contributed by atoms with Crippen LogP contribution in [0, 0.1) is 0 Å². The van der Waals surface area contributed by atoms with Crippen LogP contribution in [0.4, 0.5) is 0 Å². The summed E-state index contributed by atoms with van der Waals surface area (Å²) in [6.07, 6.45) is 3.34. The number of methoxy groups -OCH3 is 2. The largest absolute Gasteiger partial charge is 0.493 e. The van der Waals surface area contributed by atoms with Crippen LogP contribution in [0.3, 0.4) is 0 Å². The molecule has 2 aromatic carbocycles. The molecule has 4 rings (SSSR count). The summed E-state index contributed by atoms with van der Waals surface area (Å²) in [7, 11) is 3.21. The second kappa shape index (κ2) is 9.99. The maximum atomic E-state index is 13.5. The summed E-state index contributed by atoms with van der Waals surface area (Å²) in [5.74, 6) is 1.06. The Morgan fingerprint density at radius 2 is 1.77 bits per heavy atom. The maximum Gasteiger partial charge on any atom is 0.320 e. The van der Waals surface area contributed by atoms with Gasteiger partial charge in [-0.15, -0.1) is 0 Å². The molecule has 0 bridgehead atoms. The molecule has 1 fully saturated rings.